The molecule has 1 heterocycles. The molecule has 1 aliphatic heterocycles. The van der Waals surface area contributed by atoms with E-state index in [2.05, 4.69) is 0 Å². The number of amides is 1. The third-order valence-corrected chi connectivity index (χ3v) is 2.13. The average Bonchev–Trinajstić information content (AvgIpc) is 2.09. The molecular formula is C7H9FN2O3. The highest BCUT2D eigenvalue weighted by molar-refractivity contribution is 5.65. The summed E-state index contributed by atoms with van der Waals surface area (Å²) in [5.74, 6) is 0. The summed E-state index contributed by atoms with van der Waals surface area (Å²) in [6, 6.07) is 1.45. The molecule has 0 aliphatic carbocycles. The first kappa shape index (κ1) is 9.74. The van der Waals surface area contributed by atoms with Crippen LogP contribution in [0.1, 0.15) is 6.42 Å². The zero-order valence-corrected chi connectivity index (χ0v) is 6.77. The second-order valence-electron chi connectivity index (χ2n) is 2.98. The van der Waals surface area contributed by atoms with E-state index in [1.807, 2.05) is 0 Å². The van der Waals surface area contributed by atoms with Gasteiger partial charge in [-0.2, -0.15) is 5.26 Å². The van der Waals surface area contributed by atoms with E-state index in [1.54, 1.807) is 0 Å². The van der Waals surface area contributed by atoms with Crippen molar-refractivity contribution in [2.75, 3.05) is 13.1 Å². The predicted octanol–water partition coefficient (Wildman–Crippen LogP) is -0.0371. The van der Waals surface area contributed by atoms with Gasteiger partial charge >= 0.3 is 6.09 Å². The largest absolute Gasteiger partial charge is 0.465 e. The van der Waals surface area contributed by atoms with Gasteiger partial charge in [0.2, 0.25) is 0 Å². The Kier molecular flexibility index (Phi) is 2.38. The van der Waals surface area contributed by atoms with Crippen LogP contribution in [0.4, 0.5) is 9.18 Å². The number of aliphatic hydroxyl groups is 1. The summed E-state index contributed by atoms with van der Waals surface area (Å²) >= 11 is 0. The second kappa shape index (κ2) is 3.18. The molecule has 0 aromatic rings. The first-order chi connectivity index (χ1) is 5.99. The Bertz CT molecular complexity index is 265. The van der Waals surface area contributed by atoms with Crippen molar-refractivity contribution in [2.24, 2.45) is 0 Å². The highest BCUT2D eigenvalue weighted by Gasteiger charge is 2.43. The van der Waals surface area contributed by atoms with Crippen LogP contribution in [0.25, 0.3) is 0 Å². The van der Waals surface area contributed by atoms with Crippen molar-refractivity contribution in [1.29, 1.82) is 5.26 Å². The predicted molar refractivity (Wildman–Crippen MR) is 39.7 cm³/mol. The number of carboxylic acid groups (broad SMARTS) is 1. The van der Waals surface area contributed by atoms with Crippen LogP contribution in [-0.4, -0.2) is 46.1 Å². The molecule has 5 nitrogen and oxygen atoms in total. The Hall–Kier alpha value is -1.35. The normalized spacial score (nSPS) is 33.9. The van der Waals surface area contributed by atoms with Gasteiger partial charge in [0.25, 0.3) is 0 Å². The van der Waals surface area contributed by atoms with Gasteiger partial charge in [0.15, 0.2) is 11.8 Å². The van der Waals surface area contributed by atoms with Crippen molar-refractivity contribution in [1.82, 2.24) is 4.90 Å². The molecule has 0 aromatic carbocycles. The fourth-order valence-electron chi connectivity index (χ4n) is 1.20. The number of hydrogen-bond donors (Lipinski definition) is 2. The SMILES string of the molecule is N#CC1(O)CCN(C(=O)O)CC1F. The number of rotatable bonds is 0. The maximum Gasteiger partial charge on any atom is 0.407 e. The number of likely N-dealkylation sites (tertiary alicyclic amines) is 1. The van der Waals surface area contributed by atoms with E-state index < -0.39 is 24.4 Å². The zero-order chi connectivity index (χ0) is 10.1. The third kappa shape index (κ3) is 1.70. The number of hydrogen-bond acceptors (Lipinski definition) is 3. The Morgan fingerprint density at radius 2 is 2.38 bits per heavy atom. The molecule has 13 heavy (non-hydrogen) atoms. The maximum absolute atomic E-state index is 13.1. The first-order valence-electron chi connectivity index (χ1n) is 3.75. The first-order valence-corrected chi connectivity index (χ1v) is 3.75. The van der Waals surface area contributed by atoms with E-state index in [-0.39, 0.29) is 13.0 Å². The number of halogens is 1. The van der Waals surface area contributed by atoms with Gasteiger partial charge in [-0.3, -0.25) is 0 Å². The van der Waals surface area contributed by atoms with Crippen molar-refractivity contribution in [2.45, 2.75) is 18.2 Å². The van der Waals surface area contributed by atoms with Crippen LogP contribution in [0.3, 0.4) is 0 Å². The molecule has 2 unspecified atom stereocenters. The van der Waals surface area contributed by atoms with Gasteiger partial charge in [-0.1, -0.05) is 0 Å². The Morgan fingerprint density at radius 3 is 2.77 bits per heavy atom. The lowest BCUT2D eigenvalue weighted by Gasteiger charge is -2.34. The van der Waals surface area contributed by atoms with E-state index in [9.17, 15) is 14.3 Å². The molecule has 1 rings (SSSR count). The Balaban J connectivity index is 2.68. The molecule has 0 spiro atoms. The smallest absolute Gasteiger partial charge is 0.407 e. The Labute approximate surface area is 74.0 Å². The van der Waals surface area contributed by atoms with E-state index in [4.69, 9.17) is 10.4 Å². The molecule has 1 amide bonds. The van der Waals surface area contributed by atoms with Crippen LogP contribution in [0.2, 0.25) is 0 Å². The van der Waals surface area contributed by atoms with Gasteiger partial charge < -0.3 is 15.1 Å². The molecule has 1 saturated heterocycles. The van der Waals surface area contributed by atoms with Gasteiger partial charge in [0, 0.05) is 13.0 Å². The van der Waals surface area contributed by atoms with E-state index in [0.29, 0.717) is 0 Å². The lowest BCUT2D eigenvalue weighted by molar-refractivity contribution is -0.0388. The maximum atomic E-state index is 13.1. The van der Waals surface area contributed by atoms with Crippen LogP contribution >= 0.6 is 0 Å². The fourth-order valence-corrected chi connectivity index (χ4v) is 1.20. The number of alkyl halides is 1. The summed E-state index contributed by atoms with van der Waals surface area (Å²) in [4.78, 5) is 11.2. The minimum absolute atomic E-state index is 0.0141. The van der Waals surface area contributed by atoms with E-state index >= 15 is 0 Å². The fraction of sp³-hybridized carbons (Fsp3) is 0.714. The van der Waals surface area contributed by atoms with Crippen LogP contribution < -0.4 is 0 Å². The van der Waals surface area contributed by atoms with Crippen molar-refractivity contribution in [3.63, 3.8) is 0 Å². The van der Waals surface area contributed by atoms with E-state index in [0.717, 1.165) is 4.90 Å². The van der Waals surface area contributed by atoms with E-state index in [1.165, 1.54) is 6.07 Å². The van der Waals surface area contributed by atoms with Gasteiger partial charge in [-0.25, -0.2) is 9.18 Å². The summed E-state index contributed by atoms with van der Waals surface area (Å²) in [6.45, 7) is -0.459. The standard InChI is InChI=1S/C7H9FN2O3/c8-5-3-10(6(11)12)2-1-7(5,13)4-9/h5,13H,1-3H2,(H,11,12). The van der Waals surface area contributed by atoms with Gasteiger partial charge in [0.05, 0.1) is 6.54 Å². The highest BCUT2D eigenvalue weighted by Crippen LogP contribution is 2.24. The topological polar surface area (TPSA) is 84.6 Å². The van der Waals surface area contributed by atoms with Crippen LogP contribution in [-0.2, 0) is 0 Å². The molecule has 1 fully saturated rings. The molecule has 1 aliphatic rings. The molecule has 2 N–H and O–H groups in total. The van der Waals surface area contributed by atoms with Crippen LogP contribution in [0, 0.1) is 11.3 Å². The summed E-state index contributed by atoms with van der Waals surface area (Å²) in [5.41, 5.74) is -2.02. The lowest BCUT2D eigenvalue weighted by Crippen LogP contribution is -2.54. The lowest BCUT2D eigenvalue weighted by atomic mass is 9.91. The molecule has 0 bridgehead atoms. The molecule has 6 heteroatoms. The van der Waals surface area contributed by atoms with Crippen LogP contribution in [0.5, 0.6) is 0 Å². The van der Waals surface area contributed by atoms with Crippen molar-refractivity contribution in [3.05, 3.63) is 0 Å². The molecule has 72 valence electrons. The number of carbonyl (C=O) groups is 1. The monoisotopic (exact) mass is 188 g/mol. The number of piperidine rings is 1. The molecular weight excluding hydrogens is 179 g/mol. The summed E-state index contributed by atoms with van der Waals surface area (Å²) < 4.78 is 13.1. The quantitative estimate of drug-likeness (QED) is 0.522. The average molecular weight is 188 g/mol. The minimum Gasteiger partial charge on any atom is -0.465 e. The molecule has 0 aromatic heterocycles. The highest BCUT2D eigenvalue weighted by atomic mass is 19.1. The van der Waals surface area contributed by atoms with Gasteiger partial charge in [-0.15, -0.1) is 0 Å². The van der Waals surface area contributed by atoms with Crippen molar-refractivity contribution < 1.29 is 19.4 Å². The van der Waals surface area contributed by atoms with Crippen LogP contribution in [0.15, 0.2) is 0 Å². The second-order valence-corrected chi connectivity index (χ2v) is 2.98. The van der Waals surface area contributed by atoms with Crippen molar-refractivity contribution >= 4 is 6.09 Å². The third-order valence-electron chi connectivity index (χ3n) is 2.13. The summed E-state index contributed by atoms with van der Waals surface area (Å²) in [6.07, 6.45) is -3.25. The summed E-state index contributed by atoms with van der Waals surface area (Å²) in [7, 11) is 0. The molecule has 0 saturated carbocycles. The molecule has 2 atom stereocenters. The molecule has 0 radical (unpaired) electrons. The van der Waals surface area contributed by atoms with Gasteiger partial charge in [0.1, 0.15) is 6.07 Å². The Morgan fingerprint density at radius 1 is 1.77 bits per heavy atom. The number of nitrogens with zero attached hydrogens (tertiary/aromatic N) is 2. The summed E-state index contributed by atoms with van der Waals surface area (Å²) in [5, 5.41) is 26.2. The number of nitriles is 1. The van der Waals surface area contributed by atoms with Crippen molar-refractivity contribution in [3.8, 4) is 6.07 Å². The minimum atomic E-state index is -2.02. The zero-order valence-electron chi connectivity index (χ0n) is 6.77. The van der Waals surface area contributed by atoms with Gasteiger partial charge in [-0.05, 0) is 0 Å².